The molecule has 1 aromatic heterocycles. The predicted octanol–water partition coefficient (Wildman–Crippen LogP) is 5.81. The Hall–Kier alpha value is -3.77. The number of nitrogens with one attached hydrogen (secondary N) is 3. The smallest absolute Gasteiger partial charge is 0.444 e. The molecule has 0 aliphatic rings. The minimum atomic E-state index is -4.80. The maximum atomic E-state index is 12.4. The second-order valence-electron chi connectivity index (χ2n) is 9.49. The highest BCUT2D eigenvalue weighted by molar-refractivity contribution is 5.98. The van der Waals surface area contributed by atoms with Gasteiger partial charge in [-0.05, 0) is 57.4 Å². The summed E-state index contributed by atoms with van der Waals surface area (Å²) in [6.45, 7) is 10.3. The second kappa shape index (κ2) is 12.5. The molecule has 2 rings (SSSR count). The fourth-order valence-electron chi connectivity index (χ4n) is 2.88. The Labute approximate surface area is 213 Å². The van der Waals surface area contributed by atoms with Gasteiger partial charge in [-0.1, -0.05) is 13.8 Å². The Morgan fingerprint density at radius 3 is 2.27 bits per heavy atom. The highest BCUT2D eigenvalue weighted by atomic mass is 19.4. The van der Waals surface area contributed by atoms with E-state index in [1.54, 1.807) is 33.9 Å². The number of alkyl halides is 3. The molecule has 3 N–H and O–H groups in total. The Balaban J connectivity index is 1.95. The predicted molar refractivity (Wildman–Crippen MR) is 134 cm³/mol. The highest BCUT2D eigenvalue weighted by Gasteiger charge is 2.31. The molecule has 13 heteroatoms. The van der Waals surface area contributed by atoms with E-state index in [2.05, 4.69) is 30.7 Å². The van der Waals surface area contributed by atoms with Gasteiger partial charge in [0.25, 0.3) is 0 Å². The molecule has 0 spiro atoms. The van der Waals surface area contributed by atoms with Crippen molar-refractivity contribution in [1.82, 2.24) is 14.9 Å². The van der Waals surface area contributed by atoms with Crippen LogP contribution in [0.3, 0.4) is 0 Å². The number of benzene rings is 1. The number of nitrogens with zero attached hydrogens (tertiary/aromatic N) is 3. The van der Waals surface area contributed by atoms with Crippen molar-refractivity contribution in [2.24, 2.45) is 0 Å². The van der Waals surface area contributed by atoms with Crippen LogP contribution in [0.15, 0.2) is 30.3 Å². The molecule has 37 heavy (non-hydrogen) atoms. The van der Waals surface area contributed by atoms with Gasteiger partial charge in [0, 0.05) is 31.9 Å². The lowest BCUT2D eigenvalue weighted by atomic mass is 10.1. The molecule has 1 heterocycles. The fourth-order valence-corrected chi connectivity index (χ4v) is 2.88. The van der Waals surface area contributed by atoms with Crippen molar-refractivity contribution < 1.29 is 32.2 Å². The van der Waals surface area contributed by atoms with Gasteiger partial charge in [0.1, 0.15) is 17.2 Å². The summed E-state index contributed by atoms with van der Waals surface area (Å²) in [6, 6.07) is 5.81. The van der Waals surface area contributed by atoms with Crippen LogP contribution >= 0.6 is 0 Å². The zero-order valence-corrected chi connectivity index (χ0v) is 21.7. The summed E-state index contributed by atoms with van der Waals surface area (Å²) in [7, 11) is 1.66. The van der Waals surface area contributed by atoms with Crippen LogP contribution in [0.4, 0.5) is 40.2 Å². The summed E-state index contributed by atoms with van der Waals surface area (Å²) in [4.78, 5) is 34.6. The first-order valence-corrected chi connectivity index (χ1v) is 11.6. The maximum absolute atomic E-state index is 12.4. The number of amides is 3. The van der Waals surface area contributed by atoms with E-state index in [-0.39, 0.29) is 17.6 Å². The molecule has 3 amide bonds. The lowest BCUT2D eigenvalue weighted by Crippen LogP contribution is -2.35. The summed E-state index contributed by atoms with van der Waals surface area (Å²) < 4.78 is 46.0. The number of carbonyl (C=O) groups is 2. The molecular formula is C24H33F3N6O4. The maximum Gasteiger partial charge on any atom is 0.573 e. The molecule has 0 radical (unpaired) electrons. The molecule has 0 saturated heterocycles. The van der Waals surface area contributed by atoms with Gasteiger partial charge in [0.05, 0.1) is 5.69 Å². The number of hydrogen-bond donors (Lipinski definition) is 3. The van der Waals surface area contributed by atoms with Crippen LogP contribution in [0.1, 0.15) is 52.7 Å². The first-order valence-electron chi connectivity index (χ1n) is 11.6. The summed E-state index contributed by atoms with van der Waals surface area (Å²) in [5.74, 6) is 0.183. The summed E-state index contributed by atoms with van der Waals surface area (Å²) in [6.07, 6.45) is -4.59. The number of hydrogen-bond acceptors (Lipinski definition) is 7. The number of rotatable bonds is 9. The largest absolute Gasteiger partial charge is 0.573 e. The van der Waals surface area contributed by atoms with Crippen LogP contribution in [0, 0.1) is 0 Å². The Morgan fingerprint density at radius 1 is 1.05 bits per heavy atom. The Morgan fingerprint density at radius 2 is 1.70 bits per heavy atom. The SMILES string of the molecule is CC(C)c1cc(NCCCN(C)C(=O)OC(C)(C)C)nc(NC(=O)Nc2ccc(OC(F)(F)F)cc2)n1. The van der Waals surface area contributed by atoms with Gasteiger partial charge < -0.3 is 25.0 Å². The lowest BCUT2D eigenvalue weighted by Gasteiger charge is -2.24. The Kier molecular flexibility index (Phi) is 9.92. The van der Waals surface area contributed by atoms with E-state index >= 15 is 0 Å². The summed E-state index contributed by atoms with van der Waals surface area (Å²) in [5.41, 5.74) is 0.366. The molecule has 2 aromatic rings. The number of halogens is 3. The minimum Gasteiger partial charge on any atom is -0.444 e. The third-order valence-electron chi connectivity index (χ3n) is 4.59. The average Bonchev–Trinajstić information content (AvgIpc) is 2.75. The molecule has 0 unspecified atom stereocenters. The zero-order valence-electron chi connectivity index (χ0n) is 21.7. The fraction of sp³-hybridized carbons (Fsp3) is 0.500. The van der Waals surface area contributed by atoms with Gasteiger partial charge >= 0.3 is 18.5 Å². The summed E-state index contributed by atoms with van der Waals surface area (Å²) >= 11 is 0. The molecule has 0 bridgehead atoms. The van der Waals surface area contributed by atoms with Gasteiger partial charge in [-0.15, -0.1) is 13.2 Å². The number of anilines is 3. The van der Waals surface area contributed by atoms with E-state index in [9.17, 15) is 22.8 Å². The number of carbonyl (C=O) groups excluding carboxylic acids is 2. The van der Waals surface area contributed by atoms with Crippen molar-refractivity contribution in [1.29, 1.82) is 0 Å². The zero-order chi connectivity index (χ0) is 27.8. The first-order chi connectivity index (χ1) is 17.1. The molecule has 0 fully saturated rings. The number of aromatic nitrogens is 2. The van der Waals surface area contributed by atoms with Gasteiger partial charge in [-0.25, -0.2) is 14.6 Å². The summed E-state index contributed by atoms with van der Waals surface area (Å²) in [5, 5.41) is 8.20. The van der Waals surface area contributed by atoms with Gasteiger partial charge in [-0.3, -0.25) is 5.32 Å². The van der Waals surface area contributed by atoms with Crippen molar-refractivity contribution in [2.75, 3.05) is 36.1 Å². The second-order valence-corrected chi connectivity index (χ2v) is 9.49. The van der Waals surface area contributed by atoms with Crippen LogP contribution in [0.2, 0.25) is 0 Å². The molecule has 0 atom stereocenters. The normalized spacial score (nSPS) is 11.6. The van der Waals surface area contributed by atoms with Gasteiger partial charge in [0.2, 0.25) is 5.95 Å². The average molecular weight is 527 g/mol. The van der Waals surface area contributed by atoms with Crippen molar-refractivity contribution >= 4 is 29.6 Å². The molecule has 0 aliphatic heterocycles. The van der Waals surface area contributed by atoms with Crippen LogP contribution in [0.5, 0.6) is 5.75 Å². The molecule has 1 aromatic carbocycles. The third-order valence-corrected chi connectivity index (χ3v) is 4.59. The van der Waals surface area contributed by atoms with Gasteiger partial charge in [0.15, 0.2) is 0 Å². The van der Waals surface area contributed by atoms with Crippen LogP contribution in [-0.2, 0) is 4.74 Å². The minimum absolute atomic E-state index is 0.0478. The highest BCUT2D eigenvalue weighted by Crippen LogP contribution is 2.24. The van der Waals surface area contributed by atoms with Crippen molar-refractivity contribution in [2.45, 2.75) is 58.9 Å². The quantitative estimate of drug-likeness (QED) is 0.353. The lowest BCUT2D eigenvalue weighted by molar-refractivity contribution is -0.274. The van der Waals surface area contributed by atoms with E-state index in [4.69, 9.17) is 4.74 Å². The topological polar surface area (TPSA) is 118 Å². The molecule has 204 valence electrons. The van der Waals surface area contributed by atoms with E-state index in [1.165, 1.54) is 17.0 Å². The molecule has 0 aliphatic carbocycles. The third kappa shape index (κ3) is 11.2. The van der Waals surface area contributed by atoms with E-state index in [1.807, 2.05) is 13.8 Å². The van der Waals surface area contributed by atoms with E-state index < -0.39 is 29.8 Å². The van der Waals surface area contributed by atoms with Crippen LogP contribution in [-0.4, -0.2) is 59.1 Å². The van der Waals surface area contributed by atoms with Gasteiger partial charge in [-0.2, -0.15) is 4.98 Å². The standard InChI is InChI=1S/C24H33F3N6O4/c1-15(2)18-14-19(28-12-7-13-33(6)22(35)37-23(3,4)5)31-20(30-18)32-21(34)29-16-8-10-17(11-9-16)36-24(25,26)27/h8-11,14-15H,7,12-13H2,1-6H3,(H3,28,29,30,31,32,34). The van der Waals surface area contributed by atoms with E-state index in [0.29, 0.717) is 31.0 Å². The van der Waals surface area contributed by atoms with Crippen LogP contribution < -0.4 is 20.7 Å². The van der Waals surface area contributed by atoms with Crippen LogP contribution in [0.25, 0.3) is 0 Å². The van der Waals surface area contributed by atoms with Crippen molar-refractivity contribution in [3.63, 3.8) is 0 Å². The monoisotopic (exact) mass is 526 g/mol. The van der Waals surface area contributed by atoms with E-state index in [0.717, 1.165) is 12.1 Å². The molecule has 10 nitrogen and oxygen atoms in total. The first kappa shape index (κ1) is 29.5. The Bertz CT molecular complexity index is 1060. The molecular weight excluding hydrogens is 493 g/mol. The number of ether oxygens (including phenoxy) is 2. The van der Waals surface area contributed by atoms with Crippen molar-refractivity contribution in [3.05, 3.63) is 36.0 Å². The number of urea groups is 1. The molecule has 0 saturated carbocycles. The van der Waals surface area contributed by atoms with Crippen molar-refractivity contribution in [3.8, 4) is 5.75 Å².